The maximum Gasteiger partial charge on any atom is 0.356 e. The molecule has 0 fully saturated rings. The van der Waals surface area contributed by atoms with Crippen LogP contribution in [-0.2, 0) is 0 Å². The maximum atomic E-state index is 13.7. The second kappa shape index (κ2) is 3.93. The lowest BCUT2D eigenvalue weighted by Gasteiger charge is -2.07. The Bertz CT molecular complexity index is 595. The minimum atomic E-state index is -1.37. The third-order valence-corrected chi connectivity index (χ3v) is 2.24. The summed E-state index contributed by atoms with van der Waals surface area (Å²) in [5, 5.41) is 15.5. The number of halogens is 2. The Morgan fingerprint density at radius 1 is 1.41 bits per heavy atom. The van der Waals surface area contributed by atoms with Crippen molar-refractivity contribution >= 4 is 5.97 Å². The van der Waals surface area contributed by atoms with Crippen LogP contribution < -0.4 is 0 Å². The topological polar surface area (TPSA) is 68.0 Å². The van der Waals surface area contributed by atoms with Gasteiger partial charge in [0.05, 0.1) is 6.20 Å². The Kier molecular flexibility index (Phi) is 2.58. The lowest BCUT2D eigenvalue weighted by Crippen LogP contribution is -2.12. The van der Waals surface area contributed by atoms with E-state index in [1.54, 1.807) is 0 Å². The van der Waals surface area contributed by atoms with Crippen LogP contribution in [0.25, 0.3) is 5.69 Å². The summed E-state index contributed by atoms with van der Waals surface area (Å²) in [7, 11) is 0. The van der Waals surface area contributed by atoms with Gasteiger partial charge in [-0.05, 0) is 18.6 Å². The number of aromatic nitrogens is 3. The maximum absolute atomic E-state index is 13.7. The molecule has 1 heterocycles. The summed E-state index contributed by atoms with van der Waals surface area (Å²) in [5.41, 5.74) is -0.762. The zero-order chi connectivity index (χ0) is 12.6. The molecule has 1 aromatic carbocycles. The zero-order valence-electron chi connectivity index (χ0n) is 8.69. The summed E-state index contributed by atoms with van der Waals surface area (Å²) in [6.07, 6.45) is 0.920. The zero-order valence-corrected chi connectivity index (χ0v) is 8.69. The SMILES string of the molecule is Cc1ccc(F)c(-n2nncc2C(=O)O)c1F. The fraction of sp³-hybridized carbons (Fsp3) is 0.100. The third-order valence-electron chi connectivity index (χ3n) is 2.24. The summed E-state index contributed by atoms with van der Waals surface area (Å²) < 4.78 is 27.9. The van der Waals surface area contributed by atoms with E-state index in [4.69, 9.17) is 5.11 Å². The number of carboxylic acids is 1. The van der Waals surface area contributed by atoms with E-state index < -0.39 is 29.0 Å². The number of hydrogen-bond acceptors (Lipinski definition) is 3. The molecule has 0 unspecified atom stereocenters. The summed E-state index contributed by atoms with van der Waals surface area (Å²) in [6.45, 7) is 1.44. The van der Waals surface area contributed by atoms with Crippen molar-refractivity contribution in [3.63, 3.8) is 0 Å². The fourth-order valence-electron chi connectivity index (χ4n) is 1.38. The second-order valence-electron chi connectivity index (χ2n) is 3.36. The van der Waals surface area contributed by atoms with Crippen molar-refractivity contribution in [3.8, 4) is 5.69 Å². The van der Waals surface area contributed by atoms with Crippen LogP contribution in [0.15, 0.2) is 18.3 Å². The van der Waals surface area contributed by atoms with Crippen LogP contribution >= 0.6 is 0 Å². The molecule has 2 rings (SSSR count). The predicted octanol–water partition coefficient (Wildman–Crippen LogP) is 1.55. The molecule has 0 bridgehead atoms. The highest BCUT2D eigenvalue weighted by atomic mass is 19.1. The molecular weight excluding hydrogens is 232 g/mol. The van der Waals surface area contributed by atoms with E-state index in [1.807, 2.05) is 0 Å². The number of benzene rings is 1. The van der Waals surface area contributed by atoms with Gasteiger partial charge >= 0.3 is 5.97 Å². The quantitative estimate of drug-likeness (QED) is 0.863. The molecule has 88 valence electrons. The molecule has 1 N–H and O–H groups in total. The van der Waals surface area contributed by atoms with E-state index in [0.717, 1.165) is 12.3 Å². The molecule has 0 amide bonds. The van der Waals surface area contributed by atoms with E-state index in [2.05, 4.69) is 10.3 Å². The molecule has 0 aliphatic rings. The lowest BCUT2D eigenvalue weighted by atomic mass is 10.2. The van der Waals surface area contributed by atoms with Gasteiger partial charge in [-0.15, -0.1) is 5.10 Å². The van der Waals surface area contributed by atoms with Crippen LogP contribution in [0.5, 0.6) is 0 Å². The molecule has 0 aliphatic carbocycles. The smallest absolute Gasteiger partial charge is 0.356 e. The van der Waals surface area contributed by atoms with Crippen molar-refractivity contribution < 1.29 is 18.7 Å². The molecule has 17 heavy (non-hydrogen) atoms. The van der Waals surface area contributed by atoms with Crippen molar-refractivity contribution in [2.45, 2.75) is 6.92 Å². The predicted molar refractivity (Wildman–Crippen MR) is 53.0 cm³/mol. The number of carboxylic acid groups (broad SMARTS) is 1. The van der Waals surface area contributed by atoms with Crippen LogP contribution in [0.3, 0.4) is 0 Å². The molecular formula is C10H7F2N3O2. The Morgan fingerprint density at radius 3 is 2.76 bits per heavy atom. The number of hydrogen-bond donors (Lipinski definition) is 1. The van der Waals surface area contributed by atoms with Crippen molar-refractivity contribution in [2.75, 3.05) is 0 Å². The highest BCUT2D eigenvalue weighted by Gasteiger charge is 2.20. The minimum absolute atomic E-state index is 0.188. The van der Waals surface area contributed by atoms with Gasteiger partial charge in [0.25, 0.3) is 0 Å². The normalized spacial score (nSPS) is 10.5. The first-order chi connectivity index (χ1) is 8.02. The van der Waals surface area contributed by atoms with Crippen molar-refractivity contribution in [3.05, 3.63) is 41.2 Å². The summed E-state index contributed by atoms with van der Waals surface area (Å²) in [5.74, 6) is -3.13. The summed E-state index contributed by atoms with van der Waals surface area (Å²) >= 11 is 0. The second-order valence-corrected chi connectivity index (χ2v) is 3.36. The molecule has 0 aliphatic heterocycles. The van der Waals surface area contributed by atoms with Crippen LogP contribution in [0.1, 0.15) is 16.1 Å². The molecule has 0 saturated heterocycles. The third kappa shape index (κ3) is 1.75. The van der Waals surface area contributed by atoms with Gasteiger partial charge in [-0.2, -0.15) is 0 Å². The average molecular weight is 239 g/mol. The van der Waals surface area contributed by atoms with Crippen molar-refractivity contribution in [1.29, 1.82) is 0 Å². The first-order valence-corrected chi connectivity index (χ1v) is 4.61. The summed E-state index contributed by atoms with van der Waals surface area (Å²) in [4.78, 5) is 10.8. The van der Waals surface area contributed by atoms with E-state index >= 15 is 0 Å². The first-order valence-electron chi connectivity index (χ1n) is 4.61. The Hall–Kier alpha value is -2.31. The minimum Gasteiger partial charge on any atom is -0.476 e. The Morgan fingerprint density at radius 2 is 2.12 bits per heavy atom. The van der Waals surface area contributed by atoms with Crippen molar-refractivity contribution in [1.82, 2.24) is 15.0 Å². The number of aromatic carboxylic acids is 1. The van der Waals surface area contributed by atoms with Gasteiger partial charge in [-0.3, -0.25) is 0 Å². The Balaban J connectivity index is 2.72. The largest absolute Gasteiger partial charge is 0.476 e. The number of nitrogens with zero attached hydrogens (tertiary/aromatic N) is 3. The number of aryl methyl sites for hydroxylation is 1. The molecule has 5 nitrogen and oxygen atoms in total. The molecule has 0 radical (unpaired) electrons. The van der Waals surface area contributed by atoms with E-state index in [1.165, 1.54) is 13.0 Å². The lowest BCUT2D eigenvalue weighted by molar-refractivity contribution is 0.0687. The van der Waals surface area contributed by atoms with Gasteiger partial charge in [0.15, 0.2) is 17.3 Å². The molecule has 0 spiro atoms. The van der Waals surface area contributed by atoms with Crippen molar-refractivity contribution in [2.24, 2.45) is 0 Å². The van der Waals surface area contributed by atoms with Gasteiger partial charge < -0.3 is 5.11 Å². The highest BCUT2D eigenvalue weighted by Crippen LogP contribution is 2.21. The molecule has 2 aromatic rings. The van der Waals surface area contributed by atoms with Crippen LogP contribution in [0, 0.1) is 18.6 Å². The fourth-order valence-corrected chi connectivity index (χ4v) is 1.38. The van der Waals surface area contributed by atoms with E-state index in [-0.39, 0.29) is 5.56 Å². The average Bonchev–Trinajstić information content (AvgIpc) is 2.73. The summed E-state index contributed by atoms with van der Waals surface area (Å²) in [6, 6.07) is 2.30. The number of rotatable bonds is 2. The van der Waals surface area contributed by atoms with Crippen LogP contribution in [0.2, 0.25) is 0 Å². The number of carbonyl (C=O) groups is 1. The van der Waals surface area contributed by atoms with Gasteiger partial charge in [0, 0.05) is 0 Å². The van der Waals surface area contributed by atoms with E-state index in [0.29, 0.717) is 4.68 Å². The van der Waals surface area contributed by atoms with Crippen LogP contribution in [0.4, 0.5) is 8.78 Å². The monoisotopic (exact) mass is 239 g/mol. The van der Waals surface area contributed by atoms with Gasteiger partial charge in [-0.1, -0.05) is 11.3 Å². The highest BCUT2D eigenvalue weighted by molar-refractivity contribution is 5.85. The van der Waals surface area contributed by atoms with E-state index in [9.17, 15) is 13.6 Å². The standard InChI is InChI=1S/C10H7F2N3O2/c1-5-2-3-6(11)9(8(5)12)15-7(10(16)17)4-13-14-15/h2-4H,1H3,(H,16,17). The molecule has 1 aromatic heterocycles. The molecule has 0 atom stereocenters. The van der Waals surface area contributed by atoms with Gasteiger partial charge in [-0.25, -0.2) is 18.3 Å². The first kappa shape index (κ1) is 11.2. The van der Waals surface area contributed by atoms with Gasteiger partial charge in [0.2, 0.25) is 0 Å². The van der Waals surface area contributed by atoms with Crippen LogP contribution in [-0.4, -0.2) is 26.1 Å². The molecule has 0 saturated carbocycles. The molecule has 7 heteroatoms. The Labute approximate surface area is 94.3 Å². The van der Waals surface area contributed by atoms with Gasteiger partial charge in [0.1, 0.15) is 5.69 Å².